The van der Waals surface area contributed by atoms with Crippen LogP contribution in [-0.4, -0.2) is 76.8 Å². The first-order valence-electron chi connectivity index (χ1n) is 12.2. The van der Waals surface area contributed by atoms with Gasteiger partial charge in [0.15, 0.2) is 10.8 Å². The van der Waals surface area contributed by atoms with Crippen LogP contribution in [0.4, 0.5) is 13.2 Å². The Morgan fingerprint density at radius 2 is 1.68 bits per heavy atom. The van der Waals surface area contributed by atoms with Crippen LogP contribution < -0.4 is 0 Å². The maximum Gasteiger partial charge on any atom is 0.416 e. The molecule has 4 aromatic rings. The highest BCUT2D eigenvalue weighted by atomic mass is 32.1. The van der Waals surface area contributed by atoms with Crippen LogP contribution in [0.5, 0.6) is 0 Å². The van der Waals surface area contributed by atoms with Crippen molar-refractivity contribution in [2.45, 2.75) is 12.2 Å². The molecule has 0 N–H and O–H groups in total. The number of likely N-dealkylation sites (tertiary alicyclic amines) is 1. The van der Waals surface area contributed by atoms with Gasteiger partial charge < -0.3 is 14.2 Å². The maximum absolute atomic E-state index is 13.1. The van der Waals surface area contributed by atoms with Crippen molar-refractivity contribution < 1.29 is 27.2 Å². The van der Waals surface area contributed by atoms with Gasteiger partial charge in [-0.25, -0.2) is 4.98 Å². The van der Waals surface area contributed by atoms with Gasteiger partial charge in [0.2, 0.25) is 0 Å². The fraction of sp³-hybridized carbons (Fsp3) is 0.296. The topological polar surface area (TPSA) is 69.9 Å². The summed E-state index contributed by atoms with van der Waals surface area (Å²) in [4.78, 5) is 35.5. The second-order valence-corrected chi connectivity index (χ2v) is 10.4. The van der Waals surface area contributed by atoms with E-state index in [0.29, 0.717) is 53.3 Å². The average molecular weight is 541 g/mol. The molecule has 2 aliphatic rings. The van der Waals surface area contributed by atoms with Crippen LogP contribution in [0.3, 0.4) is 0 Å². The number of carbonyl (C=O) groups is 2. The highest BCUT2D eigenvalue weighted by Gasteiger charge is 2.38. The van der Waals surface area contributed by atoms with Crippen molar-refractivity contribution >= 4 is 34.1 Å². The first-order chi connectivity index (χ1) is 18.3. The van der Waals surface area contributed by atoms with Crippen molar-refractivity contribution in [3.8, 4) is 11.1 Å². The van der Waals surface area contributed by atoms with Crippen LogP contribution in [0.15, 0.2) is 64.5 Å². The number of thiazole rings is 1. The number of furan rings is 1. The number of benzene rings is 2. The van der Waals surface area contributed by atoms with Gasteiger partial charge in [-0.2, -0.15) is 13.2 Å². The molecule has 0 atom stereocenters. The molecule has 7 nitrogen and oxygen atoms in total. The number of aromatic nitrogens is 1. The quantitative estimate of drug-likeness (QED) is 0.370. The molecule has 0 unspecified atom stereocenters. The van der Waals surface area contributed by atoms with Gasteiger partial charge in [0.25, 0.3) is 11.8 Å². The summed E-state index contributed by atoms with van der Waals surface area (Å²) in [5.74, 6) is -0.0414. The third-order valence-electron chi connectivity index (χ3n) is 7.13. The lowest BCUT2D eigenvalue weighted by Crippen LogP contribution is -2.64. The summed E-state index contributed by atoms with van der Waals surface area (Å²) in [5, 5.41) is 2.95. The number of hydrogen-bond donors (Lipinski definition) is 0. The number of nitrogens with zero attached hydrogens (tertiary/aromatic N) is 4. The minimum atomic E-state index is -4.42. The zero-order chi connectivity index (χ0) is 26.4. The summed E-state index contributed by atoms with van der Waals surface area (Å²) in [5.41, 5.74) is 0.843. The SMILES string of the molecule is O=C(c1cc2cc(-c3cccc(C(F)(F)F)c3)ccc2o1)N1CC(N2CCN(C(=O)c3nccs3)CC2)C1. The number of carbonyl (C=O) groups excluding carboxylic acids is 2. The second kappa shape index (κ2) is 9.55. The largest absolute Gasteiger partial charge is 0.451 e. The second-order valence-electron chi connectivity index (χ2n) is 9.47. The van der Waals surface area contributed by atoms with E-state index in [9.17, 15) is 22.8 Å². The van der Waals surface area contributed by atoms with Gasteiger partial charge in [-0.1, -0.05) is 18.2 Å². The molecule has 2 aromatic carbocycles. The van der Waals surface area contributed by atoms with Crippen molar-refractivity contribution in [3.63, 3.8) is 0 Å². The Balaban J connectivity index is 1.07. The van der Waals surface area contributed by atoms with Gasteiger partial charge in [0, 0.05) is 62.3 Å². The van der Waals surface area contributed by atoms with Crippen LogP contribution >= 0.6 is 11.3 Å². The van der Waals surface area contributed by atoms with Gasteiger partial charge in [-0.05, 0) is 41.5 Å². The molecular formula is C27H23F3N4O3S. The first-order valence-corrected chi connectivity index (χ1v) is 13.1. The van der Waals surface area contributed by atoms with Crippen molar-refractivity contribution in [1.82, 2.24) is 19.7 Å². The van der Waals surface area contributed by atoms with Crippen molar-refractivity contribution in [1.29, 1.82) is 0 Å². The first kappa shape index (κ1) is 24.6. The van der Waals surface area contributed by atoms with E-state index in [1.165, 1.54) is 17.4 Å². The number of amides is 2. The van der Waals surface area contributed by atoms with Crippen molar-refractivity contribution in [2.24, 2.45) is 0 Å². The van der Waals surface area contributed by atoms with Crippen molar-refractivity contribution in [3.05, 3.63) is 76.4 Å². The number of alkyl halides is 3. The van der Waals surface area contributed by atoms with E-state index in [4.69, 9.17) is 4.42 Å². The van der Waals surface area contributed by atoms with Crippen LogP contribution in [0.25, 0.3) is 22.1 Å². The maximum atomic E-state index is 13.1. The summed E-state index contributed by atoms with van der Waals surface area (Å²) in [7, 11) is 0. The molecule has 0 spiro atoms. The van der Waals surface area contributed by atoms with Gasteiger partial charge >= 0.3 is 6.18 Å². The zero-order valence-electron chi connectivity index (χ0n) is 20.1. The van der Waals surface area contributed by atoms with E-state index >= 15 is 0 Å². The average Bonchev–Trinajstić information content (AvgIpc) is 3.57. The Kier molecular flexibility index (Phi) is 6.19. The lowest BCUT2D eigenvalue weighted by atomic mass is 10.0. The van der Waals surface area contributed by atoms with Gasteiger partial charge in [-0.15, -0.1) is 11.3 Å². The van der Waals surface area contributed by atoms with Crippen LogP contribution in [0.2, 0.25) is 0 Å². The normalized spacial score (nSPS) is 17.1. The lowest BCUT2D eigenvalue weighted by molar-refractivity contribution is -0.137. The summed E-state index contributed by atoms with van der Waals surface area (Å²) in [6.45, 7) is 3.89. The molecule has 0 radical (unpaired) electrons. The molecule has 2 amide bonds. The highest BCUT2D eigenvalue weighted by molar-refractivity contribution is 7.11. The zero-order valence-corrected chi connectivity index (χ0v) is 21.0. The van der Waals surface area contributed by atoms with Gasteiger partial charge in [0.05, 0.1) is 5.56 Å². The number of halogens is 3. The van der Waals surface area contributed by atoms with Crippen LogP contribution in [-0.2, 0) is 6.18 Å². The van der Waals surface area contributed by atoms with Crippen molar-refractivity contribution in [2.75, 3.05) is 39.3 Å². The van der Waals surface area contributed by atoms with E-state index in [1.54, 1.807) is 46.8 Å². The van der Waals surface area contributed by atoms with Crippen LogP contribution in [0.1, 0.15) is 25.9 Å². The molecule has 2 aromatic heterocycles. The molecule has 4 heterocycles. The number of rotatable bonds is 4. The monoisotopic (exact) mass is 540 g/mol. The highest BCUT2D eigenvalue weighted by Crippen LogP contribution is 2.34. The third kappa shape index (κ3) is 4.67. The predicted molar refractivity (Wildman–Crippen MR) is 136 cm³/mol. The summed E-state index contributed by atoms with van der Waals surface area (Å²) >= 11 is 1.34. The lowest BCUT2D eigenvalue weighted by Gasteiger charge is -2.47. The van der Waals surface area contributed by atoms with Gasteiger partial charge in [-0.3, -0.25) is 14.5 Å². The van der Waals surface area contributed by atoms with Gasteiger partial charge in [0.1, 0.15) is 5.58 Å². The number of piperazine rings is 1. The third-order valence-corrected chi connectivity index (χ3v) is 7.89. The Morgan fingerprint density at radius 1 is 0.921 bits per heavy atom. The molecule has 0 saturated carbocycles. The number of hydrogen-bond acceptors (Lipinski definition) is 6. The van der Waals surface area contributed by atoms with E-state index in [1.807, 2.05) is 4.90 Å². The smallest absolute Gasteiger partial charge is 0.416 e. The Labute approximate surface area is 220 Å². The van der Waals surface area contributed by atoms with E-state index in [-0.39, 0.29) is 23.6 Å². The Bertz CT molecular complexity index is 1490. The molecule has 0 aliphatic carbocycles. The molecule has 2 saturated heterocycles. The molecule has 6 rings (SSSR count). The minimum absolute atomic E-state index is 0.0360. The van der Waals surface area contributed by atoms with E-state index < -0.39 is 11.7 Å². The fourth-order valence-electron chi connectivity index (χ4n) is 4.97. The summed E-state index contributed by atoms with van der Waals surface area (Å²) in [6, 6.07) is 12.1. The Hall–Kier alpha value is -3.70. The minimum Gasteiger partial charge on any atom is -0.451 e. The predicted octanol–water partition coefficient (Wildman–Crippen LogP) is 4.86. The molecule has 2 fully saturated rings. The Morgan fingerprint density at radius 3 is 2.39 bits per heavy atom. The van der Waals surface area contributed by atoms with E-state index in [2.05, 4.69) is 9.88 Å². The molecule has 38 heavy (non-hydrogen) atoms. The fourth-order valence-corrected chi connectivity index (χ4v) is 5.57. The van der Waals surface area contributed by atoms with Crippen LogP contribution in [0, 0.1) is 0 Å². The molecular weight excluding hydrogens is 517 g/mol. The molecule has 196 valence electrons. The summed E-state index contributed by atoms with van der Waals surface area (Å²) in [6.07, 6.45) is -2.79. The molecule has 11 heteroatoms. The molecule has 0 bridgehead atoms. The summed E-state index contributed by atoms with van der Waals surface area (Å²) < 4.78 is 45.1. The molecule has 2 aliphatic heterocycles. The number of fused-ring (bicyclic) bond motifs is 1. The van der Waals surface area contributed by atoms with E-state index in [0.717, 1.165) is 25.2 Å². The standard InChI is InChI=1S/C27H23F3N4O3S/c28-27(29,30)20-3-1-2-17(13-20)18-4-5-22-19(12-18)14-23(37-22)25(35)34-15-21(16-34)32-7-9-33(10-8-32)26(36)24-31-6-11-38-24/h1-6,11-14,21H,7-10,15-16H2.